The summed E-state index contributed by atoms with van der Waals surface area (Å²) in [6.07, 6.45) is 0. The fraction of sp³-hybridized carbons (Fsp3) is 0. The van der Waals surface area contributed by atoms with Crippen LogP contribution >= 0.6 is 0 Å². The van der Waals surface area contributed by atoms with Crippen LogP contribution in [-0.2, 0) is 4.79 Å². The Morgan fingerprint density at radius 1 is 1.00 bits per heavy atom. The van der Waals surface area contributed by atoms with Crippen LogP contribution in [0.4, 0.5) is 0 Å². The predicted octanol–water partition coefficient (Wildman–Crippen LogP) is -6.56. The van der Waals surface area contributed by atoms with E-state index < -0.39 is 0 Å². The molecule has 2 radical (unpaired) electrons. The maximum atomic E-state index is 8.00. The summed E-state index contributed by atoms with van der Waals surface area (Å²) in [4.78, 5) is 8.00. The molecule has 0 amide bonds. The molecule has 0 N–H and O–H groups in total. The standard InChI is InChI=1S/CH2O.2HI.Pb/c1-2;;;/h1H2;2*1H;/q;;;+2/p-2. The first-order valence-electron chi connectivity index (χ1n) is 0.289. The molecule has 0 heterocycles. The van der Waals surface area contributed by atoms with Crippen molar-refractivity contribution in [1.82, 2.24) is 0 Å². The normalized spacial score (nSPS) is 0.800. The van der Waals surface area contributed by atoms with Gasteiger partial charge in [0.1, 0.15) is 6.79 Å². The summed E-state index contributed by atoms with van der Waals surface area (Å²) in [5, 5.41) is 0. The predicted molar refractivity (Wildman–Crippen MR) is 12.9 cm³/mol. The Hall–Kier alpha value is 2.05. The summed E-state index contributed by atoms with van der Waals surface area (Å²) in [6, 6.07) is 0. The SMILES string of the molecule is C=O.[I-].[I-].[Pb+2]. The van der Waals surface area contributed by atoms with E-state index in [9.17, 15) is 0 Å². The molecule has 0 bridgehead atoms. The molecular formula is CH2I2OPb. The molecule has 5 heavy (non-hydrogen) atoms. The third-order valence-corrected chi connectivity index (χ3v) is 0. The molecule has 4 heteroatoms. The van der Waals surface area contributed by atoms with E-state index in [0.29, 0.717) is 0 Å². The zero-order valence-corrected chi connectivity index (χ0v) is 10.6. The Morgan fingerprint density at radius 2 is 1.00 bits per heavy atom. The van der Waals surface area contributed by atoms with Gasteiger partial charge in [0.05, 0.1) is 0 Å². The number of carbonyl (C=O) groups excluding carboxylic acids is 1. The zero-order valence-electron chi connectivity index (χ0n) is 2.37. The topological polar surface area (TPSA) is 17.1 Å². The van der Waals surface area contributed by atoms with Crippen molar-refractivity contribution in [1.29, 1.82) is 0 Å². The van der Waals surface area contributed by atoms with E-state index in [1.54, 1.807) is 0 Å². The molecule has 0 atom stereocenters. The molecule has 0 spiro atoms. The fourth-order valence-electron chi connectivity index (χ4n) is 0. The van der Waals surface area contributed by atoms with Gasteiger partial charge in [-0.1, -0.05) is 0 Å². The molecule has 0 aromatic rings. The summed E-state index contributed by atoms with van der Waals surface area (Å²) in [7, 11) is 0. The Bertz CT molecular complexity index is 9.61. The molecule has 0 aliphatic heterocycles. The van der Waals surface area contributed by atoms with Gasteiger partial charge >= 0.3 is 27.3 Å². The molecule has 0 unspecified atom stereocenters. The minimum Gasteiger partial charge on any atom is -1.00 e. The van der Waals surface area contributed by atoms with Crippen LogP contribution in [0.25, 0.3) is 0 Å². The monoisotopic (exact) mass is 492 g/mol. The van der Waals surface area contributed by atoms with Crippen LogP contribution in [0.3, 0.4) is 0 Å². The van der Waals surface area contributed by atoms with E-state index in [-0.39, 0.29) is 75.3 Å². The average Bonchev–Trinajstić information content (AvgIpc) is 1.00. The van der Waals surface area contributed by atoms with Crippen molar-refractivity contribution in [3.05, 3.63) is 0 Å². The van der Waals surface area contributed by atoms with Crippen LogP contribution in [0, 0.1) is 0 Å². The molecular weight excluding hydrogens is 489 g/mol. The van der Waals surface area contributed by atoms with Crippen LogP contribution in [0.5, 0.6) is 0 Å². The average molecular weight is 491 g/mol. The van der Waals surface area contributed by atoms with Crippen LogP contribution in [0.2, 0.25) is 0 Å². The minimum atomic E-state index is 0. The van der Waals surface area contributed by atoms with Crippen LogP contribution in [0.1, 0.15) is 0 Å². The third-order valence-electron chi connectivity index (χ3n) is 0. The Balaban J connectivity index is -0.00000000167. The Morgan fingerprint density at radius 3 is 1.00 bits per heavy atom. The Labute approximate surface area is 85.5 Å². The van der Waals surface area contributed by atoms with E-state index in [4.69, 9.17) is 4.79 Å². The van der Waals surface area contributed by atoms with Gasteiger partial charge < -0.3 is 52.7 Å². The van der Waals surface area contributed by atoms with E-state index in [1.165, 1.54) is 0 Å². The van der Waals surface area contributed by atoms with Crippen molar-refractivity contribution in [3.63, 3.8) is 0 Å². The van der Waals surface area contributed by atoms with Crippen molar-refractivity contribution in [2.45, 2.75) is 0 Å². The molecule has 0 aliphatic carbocycles. The number of hydrogen-bond donors (Lipinski definition) is 0. The van der Waals surface area contributed by atoms with Crippen LogP contribution < -0.4 is 48.0 Å². The van der Waals surface area contributed by atoms with Crippen molar-refractivity contribution in [3.8, 4) is 0 Å². The zero-order chi connectivity index (χ0) is 2.00. The molecule has 0 fully saturated rings. The molecule has 30 valence electrons. The molecule has 0 aromatic carbocycles. The van der Waals surface area contributed by atoms with Crippen LogP contribution in [-0.4, -0.2) is 34.1 Å². The summed E-state index contributed by atoms with van der Waals surface area (Å²) < 4.78 is 0. The molecule has 0 saturated carbocycles. The van der Waals surface area contributed by atoms with E-state index in [0.717, 1.165) is 0 Å². The van der Waals surface area contributed by atoms with Gasteiger partial charge in [-0.3, -0.25) is 0 Å². The van der Waals surface area contributed by atoms with Gasteiger partial charge in [-0.25, -0.2) is 0 Å². The van der Waals surface area contributed by atoms with E-state index in [2.05, 4.69) is 0 Å². The maximum Gasteiger partial charge on any atom is 2.00 e. The molecule has 0 rings (SSSR count). The minimum absolute atomic E-state index is 0. The number of hydrogen-bond acceptors (Lipinski definition) is 1. The second-order valence-corrected chi connectivity index (χ2v) is 0. The van der Waals surface area contributed by atoms with Gasteiger partial charge in [-0.2, -0.15) is 0 Å². The first kappa shape index (κ1) is 27.7. The smallest absolute Gasteiger partial charge is 1.00 e. The third kappa shape index (κ3) is 23.6. The van der Waals surface area contributed by atoms with Gasteiger partial charge in [0.25, 0.3) is 0 Å². The summed E-state index contributed by atoms with van der Waals surface area (Å²) in [5.74, 6) is 0. The number of rotatable bonds is 0. The second kappa shape index (κ2) is 36.7. The Kier molecular flexibility index (Phi) is 203. The first-order valence-corrected chi connectivity index (χ1v) is 0.289. The van der Waals surface area contributed by atoms with Gasteiger partial charge in [0, 0.05) is 0 Å². The van der Waals surface area contributed by atoms with Crippen molar-refractivity contribution in [2.75, 3.05) is 0 Å². The van der Waals surface area contributed by atoms with Crippen molar-refractivity contribution >= 4 is 34.1 Å². The summed E-state index contributed by atoms with van der Waals surface area (Å²) in [6.45, 7) is 2.00. The van der Waals surface area contributed by atoms with Gasteiger partial charge in [0.2, 0.25) is 0 Å². The van der Waals surface area contributed by atoms with E-state index in [1.807, 2.05) is 6.79 Å². The van der Waals surface area contributed by atoms with E-state index >= 15 is 0 Å². The molecule has 0 aliphatic rings. The summed E-state index contributed by atoms with van der Waals surface area (Å²) >= 11 is 0. The molecule has 1 nitrogen and oxygen atoms in total. The van der Waals surface area contributed by atoms with Gasteiger partial charge in [-0.05, 0) is 0 Å². The van der Waals surface area contributed by atoms with Crippen molar-refractivity contribution < 1.29 is 52.7 Å². The summed E-state index contributed by atoms with van der Waals surface area (Å²) in [5.41, 5.74) is 0. The van der Waals surface area contributed by atoms with Gasteiger partial charge in [0.15, 0.2) is 0 Å². The number of carbonyl (C=O) groups is 1. The maximum absolute atomic E-state index is 8.00. The van der Waals surface area contributed by atoms with Gasteiger partial charge in [-0.15, -0.1) is 0 Å². The van der Waals surface area contributed by atoms with Crippen molar-refractivity contribution in [2.24, 2.45) is 0 Å². The largest absolute Gasteiger partial charge is 2.00 e. The quantitative estimate of drug-likeness (QED) is 0.244. The number of halogens is 2. The first-order chi connectivity index (χ1) is 1.00. The fourth-order valence-corrected chi connectivity index (χ4v) is 0. The molecule has 0 saturated heterocycles. The van der Waals surface area contributed by atoms with Crippen LogP contribution in [0.15, 0.2) is 0 Å². The second-order valence-electron chi connectivity index (χ2n) is 0. The molecule has 0 aromatic heterocycles.